The first-order valence-corrected chi connectivity index (χ1v) is 9.18. The van der Waals surface area contributed by atoms with Crippen molar-refractivity contribution in [3.63, 3.8) is 0 Å². The number of hydrogen-bond donors (Lipinski definition) is 3. The molecule has 4 rings (SSSR count). The van der Waals surface area contributed by atoms with Crippen LogP contribution in [0.1, 0.15) is 24.3 Å². The van der Waals surface area contributed by atoms with E-state index < -0.39 is 11.6 Å². The van der Waals surface area contributed by atoms with Crippen LogP contribution in [0.15, 0.2) is 36.4 Å². The normalized spacial score (nSPS) is 18.7. The molecule has 4 nitrogen and oxygen atoms in total. The first kappa shape index (κ1) is 18.4. The van der Waals surface area contributed by atoms with Crippen LogP contribution in [0.3, 0.4) is 0 Å². The largest absolute Gasteiger partial charge is 0.352 e. The summed E-state index contributed by atoms with van der Waals surface area (Å²) in [7, 11) is 1.56. The highest BCUT2D eigenvalue weighted by Gasteiger charge is 2.34. The molecule has 3 N–H and O–H groups in total. The zero-order chi connectivity index (χ0) is 19.8. The lowest BCUT2D eigenvalue weighted by molar-refractivity contribution is 0.226. The van der Waals surface area contributed by atoms with E-state index in [1.807, 2.05) is 0 Å². The minimum atomic E-state index is -0.651. The summed E-state index contributed by atoms with van der Waals surface area (Å²) in [6, 6.07) is 7.91. The van der Waals surface area contributed by atoms with Crippen molar-refractivity contribution in [2.24, 2.45) is 5.92 Å². The predicted octanol–water partition coefficient (Wildman–Crippen LogP) is 4.67. The summed E-state index contributed by atoms with van der Waals surface area (Å²) in [6.07, 6.45) is 1.59. The molecule has 2 amide bonds. The van der Waals surface area contributed by atoms with E-state index in [9.17, 15) is 18.0 Å². The van der Waals surface area contributed by atoms with Crippen LogP contribution in [-0.2, 0) is 0 Å². The van der Waals surface area contributed by atoms with E-state index in [1.54, 1.807) is 19.2 Å². The molecule has 2 aromatic carbocycles. The van der Waals surface area contributed by atoms with Gasteiger partial charge in [0.1, 0.15) is 17.5 Å². The molecule has 0 unspecified atom stereocenters. The number of nitrogens with one attached hydrogen (secondary N) is 3. The number of halogens is 3. The van der Waals surface area contributed by atoms with Gasteiger partial charge >= 0.3 is 6.03 Å². The quantitative estimate of drug-likeness (QED) is 0.598. The minimum Gasteiger partial charge on any atom is -0.352 e. The summed E-state index contributed by atoms with van der Waals surface area (Å²) >= 11 is 0. The van der Waals surface area contributed by atoms with Crippen molar-refractivity contribution in [2.45, 2.75) is 18.8 Å². The summed E-state index contributed by atoms with van der Waals surface area (Å²) in [5.41, 5.74) is 2.50. The van der Waals surface area contributed by atoms with E-state index in [4.69, 9.17) is 0 Å². The second-order valence-corrected chi connectivity index (χ2v) is 7.23. The number of fused-ring (bicyclic) bond motifs is 1. The molecule has 1 fully saturated rings. The van der Waals surface area contributed by atoms with Crippen molar-refractivity contribution in [1.82, 2.24) is 15.6 Å². The molecule has 0 saturated heterocycles. The number of amides is 2. The highest BCUT2D eigenvalue weighted by molar-refractivity contribution is 5.92. The number of hydrogen-bond acceptors (Lipinski definition) is 1. The van der Waals surface area contributed by atoms with Crippen molar-refractivity contribution in [3.8, 4) is 11.3 Å². The second-order valence-electron chi connectivity index (χ2n) is 7.23. The Hall–Kier alpha value is -2.96. The number of urea groups is 1. The fraction of sp³-hybridized carbons (Fsp3) is 0.286. The topological polar surface area (TPSA) is 56.9 Å². The van der Waals surface area contributed by atoms with E-state index in [1.165, 1.54) is 18.2 Å². The second kappa shape index (κ2) is 7.22. The van der Waals surface area contributed by atoms with Crippen LogP contribution >= 0.6 is 0 Å². The van der Waals surface area contributed by atoms with Gasteiger partial charge in [0.15, 0.2) is 0 Å². The Morgan fingerprint density at radius 2 is 1.82 bits per heavy atom. The molecule has 1 aliphatic rings. The molecule has 1 aromatic heterocycles. The molecule has 1 saturated carbocycles. The first-order chi connectivity index (χ1) is 13.5. The summed E-state index contributed by atoms with van der Waals surface area (Å²) in [4.78, 5) is 14.4. The third kappa shape index (κ3) is 3.32. The van der Waals surface area contributed by atoms with Gasteiger partial charge in [-0.25, -0.2) is 18.0 Å². The number of H-pyrrole nitrogens is 1. The number of carbonyl (C=O) groups is 1. The lowest BCUT2D eigenvalue weighted by Crippen LogP contribution is -2.39. The molecule has 28 heavy (non-hydrogen) atoms. The Balaban J connectivity index is 1.69. The van der Waals surface area contributed by atoms with Crippen molar-refractivity contribution in [3.05, 3.63) is 59.4 Å². The molecule has 0 bridgehead atoms. The number of benzene rings is 2. The van der Waals surface area contributed by atoms with Gasteiger partial charge in [-0.05, 0) is 66.1 Å². The molecule has 1 heterocycles. The number of aromatic nitrogens is 1. The van der Waals surface area contributed by atoms with Gasteiger partial charge in [0.05, 0.1) is 11.2 Å². The highest BCUT2D eigenvalue weighted by atomic mass is 19.1. The van der Waals surface area contributed by atoms with Crippen molar-refractivity contribution < 1.29 is 18.0 Å². The SMILES string of the molecule is CNC(=O)NCC1CC(c2c(-c3ccc(F)cc3)[nH]c3c(F)cc(F)cc23)C1. The fourth-order valence-corrected chi connectivity index (χ4v) is 3.97. The fourth-order valence-electron chi connectivity index (χ4n) is 3.97. The first-order valence-electron chi connectivity index (χ1n) is 9.18. The molecule has 3 aromatic rings. The average molecular weight is 387 g/mol. The lowest BCUT2D eigenvalue weighted by atomic mass is 9.70. The maximum atomic E-state index is 14.3. The summed E-state index contributed by atoms with van der Waals surface area (Å²) < 4.78 is 41.6. The van der Waals surface area contributed by atoms with E-state index in [0.29, 0.717) is 23.5 Å². The van der Waals surface area contributed by atoms with Crippen molar-refractivity contribution in [1.29, 1.82) is 0 Å². The van der Waals surface area contributed by atoms with Gasteiger partial charge in [0.25, 0.3) is 0 Å². The van der Waals surface area contributed by atoms with Gasteiger partial charge < -0.3 is 15.6 Å². The van der Waals surface area contributed by atoms with E-state index >= 15 is 0 Å². The van der Waals surface area contributed by atoms with Crippen LogP contribution in [0.4, 0.5) is 18.0 Å². The van der Waals surface area contributed by atoms with E-state index in [-0.39, 0.29) is 23.3 Å². The molecular weight excluding hydrogens is 367 g/mol. The van der Waals surface area contributed by atoms with Gasteiger partial charge in [0.2, 0.25) is 0 Å². The molecule has 1 aliphatic carbocycles. The Bertz CT molecular complexity index is 1020. The van der Waals surface area contributed by atoms with Crippen LogP contribution in [0, 0.1) is 23.4 Å². The molecule has 7 heteroatoms. The number of carbonyl (C=O) groups excluding carboxylic acids is 1. The zero-order valence-electron chi connectivity index (χ0n) is 15.3. The lowest BCUT2D eigenvalue weighted by Gasteiger charge is -2.36. The average Bonchev–Trinajstić information content (AvgIpc) is 3.00. The van der Waals surface area contributed by atoms with Gasteiger partial charge in [-0.3, -0.25) is 0 Å². The predicted molar refractivity (Wildman–Crippen MR) is 102 cm³/mol. The maximum Gasteiger partial charge on any atom is 0.314 e. The van der Waals surface area contributed by atoms with Crippen molar-refractivity contribution in [2.75, 3.05) is 13.6 Å². The van der Waals surface area contributed by atoms with Gasteiger partial charge in [-0.15, -0.1) is 0 Å². The molecular formula is C21H20F3N3O. The van der Waals surface area contributed by atoms with Gasteiger partial charge in [-0.1, -0.05) is 0 Å². The van der Waals surface area contributed by atoms with E-state index in [0.717, 1.165) is 30.0 Å². The van der Waals surface area contributed by atoms with Gasteiger partial charge in [-0.2, -0.15) is 0 Å². The van der Waals surface area contributed by atoms with Gasteiger partial charge in [0, 0.05) is 25.0 Å². The third-order valence-corrected chi connectivity index (χ3v) is 5.42. The Labute approximate surface area is 160 Å². The molecule has 146 valence electrons. The van der Waals surface area contributed by atoms with Crippen LogP contribution in [0.2, 0.25) is 0 Å². The van der Waals surface area contributed by atoms with Crippen LogP contribution in [0.5, 0.6) is 0 Å². The Morgan fingerprint density at radius 1 is 1.11 bits per heavy atom. The Morgan fingerprint density at radius 3 is 2.50 bits per heavy atom. The number of rotatable bonds is 4. The number of aromatic amines is 1. The van der Waals surface area contributed by atoms with Crippen LogP contribution < -0.4 is 10.6 Å². The molecule has 0 spiro atoms. The summed E-state index contributed by atoms with van der Waals surface area (Å²) in [6.45, 7) is 0.549. The monoisotopic (exact) mass is 387 g/mol. The maximum absolute atomic E-state index is 14.3. The standard InChI is InChI=1S/C21H20F3N3O/c1-25-21(28)26-10-11-6-13(7-11)18-16-8-15(23)9-17(24)20(16)27-19(18)12-2-4-14(22)5-3-12/h2-5,8-9,11,13,27H,6-7,10H2,1H3,(H2,25,26,28). The summed E-state index contributed by atoms with van der Waals surface area (Å²) in [5, 5.41) is 5.81. The van der Waals surface area contributed by atoms with E-state index in [2.05, 4.69) is 15.6 Å². The smallest absolute Gasteiger partial charge is 0.314 e. The highest BCUT2D eigenvalue weighted by Crippen LogP contribution is 2.48. The Kier molecular flexibility index (Phi) is 4.75. The molecule has 0 atom stereocenters. The van der Waals surface area contributed by atoms with Crippen molar-refractivity contribution >= 4 is 16.9 Å². The summed E-state index contributed by atoms with van der Waals surface area (Å²) in [5.74, 6) is -1.24. The minimum absolute atomic E-state index is 0.103. The molecule has 0 aliphatic heterocycles. The third-order valence-electron chi connectivity index (χ3n) is 5.42. The van der Waals surface area contributed by atoms with Crippen LogP contribution in [0.25, 0.3) is 22.2 Å². The zero-order valence-corrected chi connectivity index (χ0v) is 15.3. The van der Waals surface area contributed by atoms with Crippen LogP contribution in [-0.4, -0.2) is 24.6 Å². The molecule has 0 radical (unpaired) electrons.